The van der Waals surface area contributed by atoms with Crippen LogP contribution in [0.2, 0.25) is 0 Å². The fourth-order valence-electron chi connectivity index (χ4n) is 2.17. The zero-order valence-electron chi connectivity index (χ0n) is 16.9. The second-order valence-corrected chi connectivity index (χ2v) is 8.07. The van der Waals surface area contributed by atoms with Crippen molar-refractivity contribution < 1.29 is 19.5 Å². The van der Waals surface area contributed by atoms with Gasteiger partial charge in [0, 0.05) is 5.54 Å². The first kappa shape index (κ1) is 24.3. The number of amides is 2. The van der Waals surface area contributed by atoms with Gasteiger partial charge in [-0.3, -0.25) is 9.59 Å². The summed E-state index contributed by atoms with van der Waals surface area (Å²) in [7, 11) is 0. The van der Waals surface area contributed by atoms with Crippen molar-refractivity contribution in [3.63, 3.8) is 0 Å². The van der Waals surface area contributed by atoms with E-state index in [9.17, 15) is 19.5 Å². The fourth-order valence-corrected chi connectivity index (χ4v) is 2.17. The Morgan fingerprint density at radius 1 is 1.00 bits per heavy atom. The van der Waals surface area contributed by atoms with Crippen LogP contribution in [0.25, 0.3) is 0 Å². The quantitative estimate of drug-likeness (QED) is 0.337. The molecule has 1 unspecified atom stereocenters. The van der Waals surface area contributed by atoms with Gasteiger partial charge in [0.25, 0.3) is 0 Å². The number of carbonyl (C=O) groups is 3. The third-order valence-corrected chi connectivity index (χ3v) is 3.96. The van der Waals surface area contributed by atoms with Crippen molar-refractivity contribution in [1.29, 1.82) is 0 Å². The third kappa shape index (κ3) is 10.4. The Bertz CT molecular complexity index is 474. The van der Waals surface area contributed by atoms with Gasteiger partial charge in [0.15, 0.2) is 0 Å². The van der Waals surface area contributed by atoms with Crippen molar-refractivity contribution in [2.75, 3.05) is 6.54 Å². The van der Waals surface area contributed by atoms with E-state index >= 15 is 0 Å². The topological polar surface area (TPSA) is 134 Å². The van der Waals surface area contributed by atoms with Crippen LogP contribution in [0.5, 0.6) is 0 Å². The van der Waals surface area contributed by atoms with Gasteiger partial charge in [0.2, 0.25) is 11.8 Å². The van der Waals surface area contributed by atoms with Gasteiger partial charge in [0.05, 0.1) is 6.04 Å². The Balaban J connectivity index is 4.41. The van der Waals surface area contributed by atoms with E-state index in [1.165, 1.54) is 6.92 Å². The number of hydrogen-bond donors (Lipinski definition) is 5. The largest absolute Gasteiger partial charge is 0.480 e. The molecule has 0 aromatic carbocycles. The Hall–Kier alpha value is -1.67. The SMILES string of the molecule is CC(C)C(N)C(=O)N[C@@H](C)C(=O)N[C@@H](CCCCNC(C)(C)C)C(=O)O. The van der Waals surface area contributed by atoms with Gasteiger partial charge in [-0.05, 0) is 59.4 Å². The number of carboxylic acids is 1. The molecule has 0 saturated heterocycles. The first-order chi connectivity index (χ1) is 11.8. The molecule has 26 heavy (non-hydrogen) atoms. The van der Waals surface area contributed by atoms with Crippen molar-refractivity contribution in [1.82, 2.24) is 16.0 Å². The maximum atomic E-state index is 12.2. The van der Waals surface area contributed by atoms with Crippen molar-refractivity contribution in [3.05, 3.63) is 0 Å². The number of hydrogen-bond acceptors (Lipinski definition) is 5. The monoisotopic (exact) mass is 372 g/mol. The van der Waals surface area contributed by atoms with Crippen molar-refractivity contribution >= 4 is 17.8 Å². The molecule has 2 amide bonds. The molecule has 0 aliphatic rings. The summed E-state index contributed by atoms with van der Waals surface area (Å²) in [6, 6.07) is -2.54. The van der Waals surface area contributed by atoms with E-state index in [1.54, 1.807) is 0 Å². The van der Waals surface area contributed by atoms with Gasteiger partial charge < -0.3 is 26.8 Å². The Morgan fingerprint density at radius 3 is 2.04 bits per heavy atom. The van der Waals surface area contributed by atoms with Crippen molar-refractivity contribution in [3.8, 4) is 0 Å². The molecule has 8 nitrogen and oxygen atoms in total. The van der Waals surface area contributed by atoms with Gasteiger partial charge in [-0.25, -0.2) is 4.79 Å². The van der Waals surface area contributed by atoms with Crippen molar-refractivity contribution in [2.24, 2.45) is 11.7 Å². The highest BCUT2D eigenvalue weighted by Gasteiger charge is 2.25. The molecule has 0 aliphatic heterocycles. The molecule has 0 radical (unpaired) electrons. The summed E-state index contributed by atoms with van der Waals surface area (Å²) in [5.41, 5.74) is 5.76. The second kappa shape index (κ2) is 11.1. The summed E-state index contributed by atoms with van der Waals surface area (Å²) in [5, 5.41) is 17.6. The second-order valence-electron chi connectivity index (χ2n) is 8.07. The highest BCUT2D eigenvalue weighted by Crippen LogP contribution is 2.05. The fraction of sp³-hybridized carbons (Fsp3) is 0.833. The number of aliphatic carboxylic acids is 1. The van der Waals surface area contributed by atoms with Crippen LogP contribution in [0, 0.1) is 5.92 Å². The maximum Gasteiger partial charge on any atom is 0.326 e. The lowest BCUT2D eigenvalue weighted by Gasteiger charge is -2.22. The summed E-state index contributed by atoms with van der Waals surface area (Å²) in [6.45, 7) is 12.1. The van der Waals surface area contributed by atoms with Crippen LogP contribution in [0.15, 0.2) is 0 Å². The molecule has 152 valence electrons. The standard InChI is InChI=1S/C18H36N4O4/c1-11(2)14(19)16(24)21-12(3)15(23)22-13(17(25)26)9-7-8-10-20-18(4,5)6/h11-14,20H,7-10,19H2,1-6H3,(H,21,24)(H,22,23)(H,25,26)/t12-,13-,14?/m0/s1. The Kier molecular flexibility index (Phi) is 10.4. The lowest BCUT2D eigenvalue weighted by molar-refractivity contribution is -0.142. The van der Waals surface area contributed by atoms with E-state index in [1.807, 2.05) is 13.8 Å². The summed E-state index contributed by atoms with van der Waals surface area (Å²) in [5.74, 6) is -2.10. The molecule has 0 aromatic rings. The summed E-state index contributed by atoms with van der Waals surface area (Å²) in [4.78, 5) is 35.4. The van der Waals surface area contributed by atoms with Gasteiger partial charge >= 0.3 is 5.97 Å². The highest BCUT2D eigenvalue weighted by molar-refractivity contribution is 5.91. The first-order valence-corrected chi connectivity index (χ1v) is 9.19. The molecular weight excluding hydrogens is 336 g/mol. The smallest absolute Gasteiger partial charge is 0.326 e. The van der Waals surface area contributed by atoms with Gasteiger partial charge in [-0.15, -0.1) is 0 Å². The average Bonchev–Trinajstić information content (AvgIpc) is 2.50. The molecule has 6 N–H and O–H groups in total. The Morgan fingerprint density at radius 2 is 1.58 bits per heavy atom. The normalized spacial score (nSPS) is 15.2. The third-order valence-electron chi connectivity index (χ3n) is 3.96. The molecular formula is C18H36N4O4. The molecule has 0 rings (SSSR count). The summed E-state index contributed by atoms with van der Waals surface area (Å²) < 4.78 is 0. The van der Waals surface area contributed by atoms with Crippen LogP contribution in [-0.4, -0.2) is 53.1 Å². The van der Waals surface area contributed by atoms with Crippen LogP contribution < -0.4 is 21.7 Å². The molecule has 0 bridgehead atoms. The number of rotatable bonds is 11. The molecule has 0 heterocycles. The predicted octanol–water partition coefficient (Wildman–Crippen LogP) is 0.602. The molecule has 0 spiro atoms. The summed E-state index contributed by atoms with van der Waals surface area (Å²) >= 11 is 0. The highest BCUT2D eigenvalue weighted by atomic mass is 16.4. The van der Waals surface area contributed by atoms with E-state index in [4.69, 9.17) is 5.73 Å². The minimum atomic E-state index is -1.08. The lowest BCUT2D eigenvalue weighted by Crippen LogP contribution is -2.54. The average molecular weight is 373 g/mol. The minimum Gasteiger partial charge on any atom is -0.480 e. The van der Waals surface area contributed by atoms with E-state index in [-0.39, 0.29) is 11.5 Å². The van der Waals surface area contributed by atoms with Gasteiger partial charge in [-0.2, -0.15) is 0 Å². The number of nitrogens with two attached hydrogens (primary N) is 1. The molecule has 0 aromatic heterocycles. The van der Waals surface area contributed by atoms with E-state index < -0.39 is 35.9 Å². The van der Waals surface area contributed by atoms with Crippen LogP contribution in [0.4, 0.5) is 0 Å². The van der Waals surface area contributed by atoms with E-state index in [0.29, 0.717) is 12.8 Å². The number of unbranched alkanes of at least 4 members (excludes halogenated alkanes) is 1. The number of nitrogens with one attached hydrogen (secondary N) is 3. The van der Waals surface area contributed by atoms with Gasteiger partial charge in [-0.1, -0.05) is 13.8 Å². The van der Waals surface area contributed by atoms with Crippen LogP contribution in [0.3, 0.4) is 0 Å². The van der Waals surface area contributed by atoms with Crippen LogP contribution in [0.1, 0.15) is 60.8 Å². The molecule has 0 saturated carbocycles. The van der Waals surface area contributed by atoms with E-state index in [2.05, 4.69) is 36.7 Å². The molecule has 3 atom stereocenters. The lowest BCUT2D eigenvalue weighted by atomic mass is 10.0. The van der Waals surface area contributed by atoms with Crippen LogP contribution in [-0.2, 0) is 14.4 Å². The van der Waals surface area contributed by atoms with Crippen molar-refractivity contribution in [2.45, 2.75) is 84.5 Å². The van der Waals surface area contributed by atoms with Gasteiger partial charge in [0.1, 0.15) is 12.1 Å². The Labute approximate surface area is 156 Å². The maximum absolute atomic E-state index is 12.2. The molecule has 0 fully saturated rings. The molecule has 8 heteroatoms. The zero-order valence-corrected chi connectivity index (χ0v) is 16.9. The van der Waals surface area contributed by atoms with E-state index in [0.717, 1.165) is 13.0 Å². The minimum absolute atomic E-state index is 0.0187. The number of carbonyl (C=O) groups excluding carboxylic acids is 2. The van der Waals surface area contributed by atoms with Crippen LogP contribution >= 0.6 is 0 Å². The predicted molar refractivity (Wildman–Crippen MR) is 102 cm³/mol. The summed E-state index contributed by atoms with van der Waals surface area (Å²) in [6.07, 6.45) is 1.81. The number of carboxylic acid groups (broad SMARTS) is 1. The molecule has 0 aliphatic carbocycles. The first-order valence-electron chi connectivity index (χ1n) is 9.19. The zero-order chi connectivity index (χ0) is 20.5.